The lowest BCUT2D eigenvalue weighted by Gasteiger charge is -2.28. The van der Waals surface area contributed by atoms with Gasteiger partial charge in [-0.1, -0.05) is 24.3 Å². The van der Waals surface area contributed by atoms with E-state index in [-0.39, 0.29) is 11.1 Å². The molecule has 2 aromatic rings. The highest BCUT2D eigenvalue weighted by Gasteiger charge is 2.40. The predicted molar refractivity (Wildman–Crippen MR) is 73.4 cm³/mol. The van der Waals surface area contributed by atoms with Gasteiger partial charge in [0, 0.05) is 23.4 Å². The number of hydrogen-bond acceptors (Lipinski definition) is 5. The third kappa shape index (κ3) is 1.95. The van der Waals surface area contributed by atoms with Crippen LogP contribution in [0.5, 0.6) is 0 Å². The second kappa shape index (κ2) is 4.64. The SMILES string of the molecule is NC1C(=O)c2ccccc2C(=O)C1n1ccc(=O)[nH]c1=O. The summed E-state index contributed by atoms with van der Waals surface area (Å²) in [7, 11) is 0. The number of nitrogens with two attached hydrogens (primary N) is 1. The van der Waals surface area contributed by atoms with Crippen molar-refractivity contribution in [2.45, 2.75) is 12.1 Å². The van der Waals surface area contributed by atoms with Crippen LogP contribution in [0.15, 0.2) is 46.1 Å². The van der Waals surface area contributed by atoms with Gasteiger partial charge >= 0.3 is 5.69 Å². The van der Waals surface area contributed by atoms with Gasteiger partial charge in [0.15, 0.2) is 11.6 Å². The van der Waals surface area contributed by atoms with E-state index in [0.29, 0.717) is 0 Å². The maximum Gasteiger partial charge on any atom is 0.329 e. The van der Waals surface area contributed by atoms with Gasteiger partial charge in [-0.2, -0.15) is 0 Å². The number of nitrogens with one attached hydrogen (secondary N) is 1. The first-order valence-electron chi connectivity index (χ1n) is 6.25. The summed E-state index contributed by atoms with van der Waals surface area (Å²) in [6.07, 6.45) is 1.17. The van der Waals surface area contributed by atoms with Crippen molar-refractivity contribution in [3.8, 4) is 0 Å². The highest BCUT2D eigenvalue weighted by Crippen LogP contribution is 2.27. The highest BCUT2D eigenvalue weighted by molar-refractivity contribution is 6.18. The van der Waals surface area contributed by atoms with E-state index >= 15 is 0 Å². The smallest absolute Gasteiger partial charge is 0.319 e. The number of ketones is 2. The maximum absolute atomic E-state index is 12.5. The van der Waals surface area contributed by atoms with E-state index < -0.39 is 34.9 Å². The zero-order valence-corrected chi connectivity index (χ0v) is 10.8. The first kappa shape index (κ1) is 13.2. The van der Waals surface area contributed by atoms with Crippen molar-refractivity contribution in [3.05, 3.63) is 68.5 Å². The largest absolute Gasteiger partial charge is 0.329 e. The Morgan fingerprint density at radius 3 is 2.19 bits per heavy atom. The summed E-state index contributed by atoms with van der Waals surface area (Å²) in [5.41, 5.74) is 4.97. The van der Waals surface area contributed by atoms with Crippen LogP contribution in [0.3, 0.4) is 0 Å². The Bertz CT molecular complexity index is 865. The fraction of sp³-hybridized carbons (Fsp3) is 0.143. The van der Waals surface area contributed by atoms with Gasteiger partial charge in [-0.05, 0) is 0 Å². The zero-order chi connectivity index (χ0) is 15.1. The molecule has 106 valence electrons. The first-order valence-corrected chi connectivity index (χ1v) is 6.25. The Morgan fingerprint density at radius 2 is 1.57 bits per heavy atom. The van der Waals surface area contributed by atoms with Crippen LogP contribution in [0.25, 0.3) is 0 Å². The van der Waals surface area contributed by atoms with Gasteiger partial charge in [-0.15, -0.1) is 0 Å². The van der Waals surface area contributed by atoms with Crippen LogP contribution >= 0.6 is 0 Å². The number of rotatable bonds is 1. The van der Waals surface area contributed by atoms with Gasteiger partial charge in [0.2, 0.25) is 0 Å². The number of fused-ring (bicyclic) bond motifs is 1. The molecule has 1 aromatic heterocycles. The number of Topliss-reactive ketones (excluding diaryl/α,β-unsaturated/α-hetero) is 2. The number of hydrogen-bond donors (Lipinski definition) is 2. The van der Waals surface area contributed by atoms with Gasteiger partial charge in [-0.25, -0.2) is 4.79 Å². The Morgan fingerprint density at radius 1 is 0.952 bits per heavy atom. The number of H-pyrrole nitrogens is 1. The minimum Gasteiger partial charge on any atom is -0.319 e. The van der Waals surface area contributed by atoms with Crippen molar-refractivity contribution in [1.82, 2.24) is 9.55 Å². The molecule has 1 aliphatic rings. The molecule has 0 fully saturated rings. The second-order valence-corrected chi connectivity index (χ2v) is 4.76. The summed E-state index contributed by atoms with van der Waals surface area (Å²) in [5.74, 6) is -0.833. The van der Waals surface area contributed by atoms with Crippen LogP contribution in [0.4, 0.5) is 0 Å². The molecular weight excluding hydrogens is 274 g/mol. The molecule has 0 aliphatic heterocycles. The molecule has 3 N–H and O–H groups in total. The number of aromatic nitrogens is 2. The molecule has 0 saturated carbocycles. The lowest BCUT2D eigenvalue weighted by Crippen LogP contribution is -2.50. The average Bonchev–Trinajstić information content (AvgIpc) is 2.47. The molecule has 3 rings (SSSR count). The van der Waals surface area contributed by atoms with E-state index in [1.165, 1.54) is 18.3 Å². The minimum absolute atomic E-state index is 0.229. The van der Waals surface area contributed by atoms with E-state index in [0.717, 1.165) is 10.6 Å². The van der Waals surface area contributed by atoms with Crippen molar-refractivity contribution in [2.75, 3.05) is 0 Å². The molecule has 0 saturated heterocycles. The molecule has 21 heavy (non-hydrogen) atoms. The van der Waals surface area contributed by atoms with E-state index in [1.54, 1.807) is 12.1 Å². The summed E-state index contributed by atoms with van der Waals surface area (Å²) < 4.78 is 0.988. The summed E-state index contributed by atoms with van der Waals surface area (Å²) >= 11 is 0. The summed E-state index contributed by atoms with van der Waals surface area (Å²) in [4.78, 5) is 49.8. The summed E-state index contributed by atoms with van der Waals surface area (Å²) in [6.45, 7) is 0. The second-order valence-electron chi connectivity index (χ2n) is 4.76. The minimum atomic E-state index is -1.17. The Kier molecular flexibility index (Phi) is 2.91. The van der Waals surface area contributed by atoms with Crippen LogP contribution in [0, 0.1) is 0 Å². The standard InChI is InChI=1S/C14H11N3O4/c15-10-11(17-6-5-9(18)16-14(17)21)13(20)8-4-2-1-3-7(8)12(10)19/h1-6,10-11H,15H2,(H,16,18,21). The zero-order valence-electron chi connectivity index (χ0n) is 10.8. The normalized spacial score (nSPS) is 21.2. The predicted octanol–water partition coefficient (Wildman–Crippen LogP) is -0.516. The molecule has 1 heterocycles. The maximum atomic E-state index is 12.5. The van der Waals surface area contributed by atoms with Crippen LogP contribution in [-0.2, 0) is 0 Å². The molecule has 0 radical (unpaired) electrons. The first-order chi connectivity index (χ1) is 10.0. The number of nitrogens with zero attached hydrogens (tertiary/aromatic N) is 1. The number of aromatic amines is 1. The van der Waals surface area contributed by atoms with Crippen molar-refractivity contribution in [1.29, 1.82) is 0 Å². The topological polar surface area (TPSA) is 115 Å². The molecule has 0 bridgehead atoms. The number of carbonyl (C=O) groups excluding carboxylic acids is 2. The van der Waals surface area contributed by atoms with Gasteiger partial charge in [-0.3, -0.25) is 23.9 Å². The van der Waals surface area contributed by atoms with Gasteiger partial charge < -0.3 is 5.73 Å². The summed E-state index contributed by atoms with van der Waals surface area (Å²) in [6, 6.07) is 5.10. The van der Waals surface area contributed by atoms with Crippen molar-refractivity contribution < 1.29 is 9.59 Å². The quantitative estimate of drug-likeness (QED) is 0.732. The summed E-state index contributed by atoms with van der Waals surface area (Å²) in [5, 5.41) is 0. The highest BCUT2D eigenvalue weighted by atomic mass is 16.2. The van der Waals surface area contributed by atoms with Gasteiger partial charge in [0.05, 0.1) is 6.04 Å². The number of carbonyl (C=O) groups is 2. The molecule has 7 heteroatoms. The number of benzene rings is 1. The van der Waals surface area contributed by atoms with Crippen LogP contribution in [0.1, 0.15) is 26.8 Å². The molecule has 0 amide bonds. The van der Waals surface area contributed by atoms with Gasteiger partial charge in [0.1, 0.15) is 6.04 Å². The monoisotopic (exact) mass is 285 g/mol. The Labute approximate surface area is 118 Å². The molecule has 0 spiro atoms. The van der Waals surface area contributed by atoms with E-state index in [4.69, 9.17) is 5.73 Å². The van der Waals surface area contributed by atoms with Crippen LogP contribution < -0.4 is 17.0 Å². The molecule has 2 atom stereocenters. The molecule has 1 aliphatic carbocycles. The third-order valence-electron chi connectivity index (χ3n) is 3.52. The van der Waals surface area contributed by atoms with Gasteiger partial charge in [0.25, 0.3) is 5.56 Å². The van der Waals surface area contributed by atoms with Crippen LogP contribution in [-0.4, -0.2) is 27.2 Å². The fourth-order valence-electron chi connectivity index (χ4n) is 2.50. The average molecular weight is 285 g/mol. The molecule has 2 unspecified atom stereocenters. The van der Waals surface area contributed by atoms with Crippen molar-refractivity contribution in [3.63, 3.8) is 0 Å². The third-order valence-corrected chi connectivity index (χ3v) is 3.52. The Hall–Kier alpha value is -2.80. The van der Waals surface area contributed by atoms with E-state index in [2.05, 4.69) is 0 Å². The molecule has 7 nitrogen and oxygen atoms in total. The van der Waals surface area contributed by atoms with E-state index in [9.17, 15) is 19.2 Å². The Balaban J connectivity index is 2.21. The lowest BCUT2D eigenvalue weighted by molar-refractivity contribution is 0.0798. The molecule has 1 aromatic carbocycles. The molecular formula is C14H11N3O4. The van der Waals surface area contributed by atoms with Crippen LogP contribution in [0.2, 0.25) is 0 Å². The lowest BCUT2D eigenvalue weighted by atomic mass is 9.83. The van der Waals surface area contributed by atoms with Crippen molar-refractivity contribution >= 4 is 11.6 Å². The fourth-order valence-corrected chi connectivity index (χ4v) is 2.50. The van der Waals surface area contributed by atoms with Crippen molar-refractivity contribution in [2.24, 2.45) is 5.73 Å². The van der Waals surface area contributed by atoms with E-state index in [1.807, 2.05) is 4.98 Å².